The Hall–Kier alpha value is -9.66. The van der Waals surface area contributed by atoms with Crippen LogP contribution in [-0.2, 0) is 0 Å². The third-order valence-corrected chi connectivity index (χ3v) is 13.8. The molecule has 14 heterocycles. The Balaban J connectivity index is 0.000000142. The fourth-order valence-electron chi connectivity index (χ4n) is 9.79. The molecule has 0 atom stereocenters. The summed E-state index contributed by atoms with van der Waals surface area (Å²) in [6.45, 7) is 42.0. The van der Waals surface area contributed by atoms with Crippen molar-refractivity contribution in [3.8, 4) is 0 Å². The van der Waals surface area contributed by atoms with Crippen molar-refractivity contribution in [3.63, 3.8) is 0 Å². The second-order valence-corrected chi connectivity index (χ2v) is 21.4. The van der Waals surface area contributed by atoms with Crippen LogP contribution in [0.5, 0.6) is 0 Å². The lowest BCUT2D eigenvalue weighted by molar-refractivity contribution is 0.807. The lowest BCUT2D eigenvalue weighted by atomic mass is 10.2. The highest BCUT2D eigenvalue weighted by molar-refractivity contribution is 5.56. The predicted octanol–water partition coefficient (Wildman–Crippen LogP) is 12.2. The molecule has 85 heavy (non-hydrogen) atoms. The number of aromatic nitrogens is 21. The molecule has 0 N–H and O–H groups in total. The summed E-state index contributed by atoms with van der Waals surface area (Å²) in [7, 11) is 0. The number of hydrogen-bond donors (Lipinski definition) is 0. The number of rotatable bonds is 0. The first-order valence-electron chi connectivity index (χ1n) is 27.8. The van der Waals surface area contributed by atoms with Gasteiger partial charge in [-0.25, -0.2) is 52.9 Å². The van der Waals surface area contributed by atoms with Gasteiger partial charge in [-0.1, -0.05) is 7.43 Å². The van der Waals surface area contributed by atoms with Crippen LogP contribution in [-0.4, -0.2) is 102 Å². The van der Waals surface area contributed by atoms with E-state index in [-0.39, 0.29) is 7.43 Å². The number of aryl methyl sites for hydroxylation is 21. The van der Waals surface area contributed by atoms with Gasteiger partial charge in [-0.05, 0) is 234 Å². The van der Waals surface area contributed by atoms with Crippen LogP contribution in [0.3, 0.4) is 0 Å². The van der Waals surface area contributed by atoms with E-state index in [2.05, 4.69) is 172 Å². The molecule has 0 aliphatic heterocycles. The van der Waals surface area contributed by atoms with E-state index in [1.165, 1.54) is 44.7 Å². The fraction of sp³-hybridized carbons (Fsp3) is 0.344. The summed E-state index contributed by atoms with van der Waals surface area (Å²) >= 11 is 0. The van der Waals surface area contributed by atoms with E-state index in [0.717, 1.165) is 114 Å². The first-order chi connectivity index (χ1) is 39.8. The zero-order valence-electron chi connectivity index (χ0n) is 52.5. The minimum atomic E-state index is 0. The summed E-state index contributed by atoms with van der Waals surface area (Å²) in [5.41, 5.74) is 25.0. The molecule has 442 valence electrons. The van der Waals surface area contributed by atoms with Gasteiger partial charge < -0.3 is 4.40 Å². The largest absolute Gasteiger partial charge is 0.306 e. The maximum atomic E-state index is 4.46. The summed E-state index contributed by atoms with van der Waals surface area (Å²) in [6.07, 6.45) is 7.75. The Morgan fingerprint density at radius 3 is 1.33 bits per heavy atom. The standard InChI is InChI=1S/2C10H12N2.4C9H11N3.C7H9N5.CH4/c1-7-6-8(2)11-12-9(3)4-5-10(7)12;1-7-4-5-12-9(3)6-8(2)11-10(7)12;2*1-6-4-7(2)11-12-8(3)5-10-9(6)12;1-6-4-5-12-8(3)10-7(2)11-9(6)12;1-6-4-5-9-7(2)10-8(3)11-12(6)9;1-4-7-10-9-6(3)12(7)11-5(2)8-4;/h2*4-6H,1-3H3;4*4-5H,1-3H3;1-3H3;1H4. The van der Waals surface area contributed by atoms with E-state index in [1.54, 1.807) is 4.52 Å². The first-order valence-corrected chi connectivity index (χ1v) is 27.8. The van der Waals surface area contributed by atoms with Gasteiger partial charge in [-0.2, -0.15) is 24.9 Å². The molecule has 0 radical (unpaired) electrons. The van der Waals surface area contributed by atoms with Crippen molar-refractivity contribution < 1.29 is 0 Å². The Morgan fingerprint density at radius 1 is 0.294 bits per heavy atom. The Morgan fingerprint density at radius 2 is 0.765 bits per heavy atom. The quantitative estimate of drug-likeness (QED) is 0.138. The summed E-state index contributed by atoms with van der Waals surface area (Å²) in [4.78, 5) is 30.1. The maximum Gasteiger partial charge on any atom is 0.199 e. The van der Waals surface area contributed by atoms with Crippen LogP contribution in [0.2, 0.25) is 0 Å². The molecule has 0 aromatic carbocycles. The number of fused-ring (bicyclic) bond motifs is 7. The Kier molecular flexibility index (Phi) is 19.5. The van der Waals surface area contributed by atoms with E-state index in [4.69, 9.17) is 0 Å². The van der Waals surface area contributed by atoms with E-state index < -0.39 is 0 Å². The third-order valence-electron chi connectivity index (χ3n) is 13.8. The van der Waals surface area contributed by atoms with Crippen LogP contribution in [0.1, 0.15) is 127 Å². The highest BCUT2D eigenvalue weighted by Gasteiger charge is 2.09. The number of hydrogen-bond acceptors (Lipinski definition) is 14. The van der Waals surface area contributed by atoms with E-state index >= 15 is 0 Å². The minimum absolute atomic E-state index is 0. The summed E-state index contributed by atoms with van der Waals surface area (Å²) in [5.74, 6) is 4.17. The maximum absolute atomic E-state index is 4.46. The van der Waals surface area contributed by atoms with Crippen LogP contribution < -0.4 is 0 Å². The second kappa shape index (κ2) is 26.3. The lowest BCUT2D eigenvalue weighted by Gasteiger charge is -2.01. The highest BCUT2D eigenvalue weighted by atomic mass is 15.4. The van der Waals surface area contributed by atoms with Gasteiger partial charge >= 0.3 is 0 Å². The van der Waals surface area contributed by atoms with Crippen molar-refractivity contribution in [2.45, 2.75) is 153 Å². The molecule has 21 heteroatoms. The highest BCUT2D eigenvalue weighted by Crippen LogP contribution is 2.17. The normalized spacial score (nSPS) is 10.8. The van der Waals surface area contributed by atoms with Crippen LogP contribution in [0.15, 0.2) is 85.5 Å². The molecule has 0 spiro atoms. The van der Waals surface area contributed by atoms with E-state index in [1.807, 2.05) is 156 Å². The van der Waals surface area contributed by atoms with Gasteiger partial charge in [0.1, 0.15) is 34.6 Å². The predicted molar refractivity (Wildman–Crippen MR) is 337 cm³/mol. The van der Waals surface area contributed by atoms with Crippen LogP contribution in [0, 0.1) is 145 Å². The van der Waals surface area contributed by atoms with E-state index in [9.17, 15) is 0 Å². The Bertz CT molecular complexity index is 3830. The van der Waals surface area contributed by atoms with Crippen molar-refractivity contribution in [2.24, 2.45) is 0 Å². The monoisotopic (exact) mass is 1140 g/mol. The topological polar surface area (TPSA) is 211 Å². The minimum Gasteiger partial charge on any atom is -0.306 e. The molecular weight excluding hydrogens is 1060 g/mol. The molecule has 0 unspecified atom stereocenters. The molecule has 0 aliphatic rings. The van der Waals surface area contributed by atoms with Gasteiger partial charge in [0.25, 0.3) is 0 Å². The molecular formula is C64H81N21. The SMILES string of the molecule is C.Cc1cc(C)c2ccc(C)n2n1.Cc1cc(C)c2ncc(C)n2n1.Cc1cc(C)c2ncc(C)n2n1.Cc1cc(C)n2ccc(C)c2n1.Cc1nc(C)c2ccc(C)n2n1.Cc1nc(C)c2nnc(C)n2n1.Cc1nc(C)n2ccc(C)c2n1. The molecule has 0 saturated heterocycles. The molecule has 14 aromatic rings. The number of imidazole rings is 2. The average molecular weight is 1140 g/mol. The average Bonchev–Trinajstić information content (AvgIpc) is 4.51. The fourth-order valence-corrected chi connectivity index (χ4v) is 9.79. The van der Waals surface area contributed by atoms with Gasteiger partial charge in [-0.3, -0.25) is 4.40 Å². The smallest absolute Gasteiger partial charge is 0.199 e. The summed E-state index contributed by atoms with van der Waals surface area (Å²) in [5, 5.41) is 29.4. The van der Waals surface area contributed by atoms with Crippen molar-refractivity contribution in [3.05, 3.63) is 205 Å². The molecule has 0 aliphatic carbocycles. The third kappa shape index (κ3) is 14.2. The zero-order chi connectivity index (χ0) is 61.0. The van der Waals surface area contributed by atoms with Gasteiger partial charge in [0.05, 0.1) is 63.3 Å². The molecule has 0 saturated carbocycles. The first kappa shape index (κ1) is 62.9. The van der Waals surface area contributed by atoms with Crippen LogP contribution >= 0.6 is 0 Å². The van der Waals surface area contributed by atoms with Crippen molar-refractivity contribution in [1.82, 2.24) is 102 Å². The van der Waals surface area contributed by atoms with Crippen molar-refractivity contribution in [2.75, 3.05) is 0 Å². The summed E-state index contributed by atoms with van der Waals surface area (Å²) < 4.78 is 13.5. The molecule has 14 aromatic heterocycles. The van der Waals surface area contributed by atoms with Crippen molar-refractivity contribution in [1.29, 1.82) is 0 Å². The Labute approximate surface area is 497 Å². The summed E-state index contributed by atoms with van der Waals surface area (Å²) in [6, 6.07) is 20.7. The lowest BCUT2D eigenvalue weighted by Crippen LogP contribution is -2.01. The van der Waals surface area contributed by atoms with Crippen molar-refractivity contribution >= 4 is 39.3 Å². The molecule has 0 fully saturated rings. The van der Waals surface area contributed by atoms with Gasteiger partial charge in [0, 0.05) is 35.2 Å². The zero-order valence-corrected chi connectivity index (χ0v) is 52.5. The van der Waals surface area contributed by atoms with Gasteiger partial charge in [0.2, 0.25) is 0 Å². The molecule has 14 rings (SSSR count). The number of nitrogens with zero attached hydrogens (tertiary/aromatic N) is 21. The van der Waals surface area contributed by atoms with Crippen LogP contribution in [0.25, 0.3) is 39.3 Å². The molecule has 0 bridgehead atoms. The second-order valence-electron chi connectivity index (χ2n) is 21.4. The van der Waals surface area contributed by atoms with Crippen LogP contribution in [0.4, 0.5) is 0 Å². The van der Waals surface area contributed by atoms with Gasteiger partial charge in [0.15, 0.2) is 22.8 Å². The molecule has 0 amide bonds. The van der Waals surface area contributed by atoms with Gasteiger partial charge in [-0.15, -0.1) is 15.3 Å². The van der Waals surface area contributed by atoms with E-state index in [0.29, 0.717) is 0 Å². The molecule has 21 nitrogen and oxygen atoms in total.